The summed E-state index contributed by atoms with van der Waals surface area (Å²) in [5, 5.41) is 0. The molecule has 15 heavy (non-hydrogen) atoms. The molecule has 1 aliphatic rings. The molecule has 4 nitrogen and oxygen atoms in total. The summed E-state index contributed by atoms with van der Waals surface area (Å²) in [7, 11) is 0. The summed E-state index contributed by atoms with van der Waals surface area (Å²) in [5.74, 6) is 0.557. The Morgan fingerprint density at radius 2 is 2.33 bits per heavy atom. The molecule has 90 valence electrons. The minimum atomic E-state index is -0.374. The van der Waals surface area contributed by atoms with Crippen molar-refractivity contribution >= 4 is 18.3 Å². The highest BCUT2D eigenvalue weighted by Gasteiger charge is 2.27. The number of likely N-dealkylation sites (tertiary alicyclic amines) is 1. The molecule has 1 saturated heterocycles. The molecular formula is C10H21ClN2O2. The van der Waals surface area contributed by atoms with Gasteiger partial charge in [0.05, 0.1) is 12.6 Å². The van der Waals surface area contributed by atoms with Crippen LogP contribution in [0, 0.1) is 5.92 Å². The van der Waals surface area contributed by atoms with E-state index >= 15 is 0 Å². The van der Waals surface area contributed by atoms with Crippen LogP contribution in [-0.4, -0.2) is 43.2 Å². The first-order valence-electron chi connectivity index (χ1n) is 5.27. The van der Waals surface area contributed by atoms with E-state index in [9.17, 15) is 4.79 Å². The summed E-state index contributed by atoms with van der Waals surface area (Å²) in [5.41, 5.74) is 5.54. The molecule has 1 heterocycles. The molecule has 5 heteroatoms. The highest BCUT2D eigenvalue weighted by Crippen LogP contribution is 2.16. The molecule has 1 fully saturated rings. The van der Waals surface area contributed by atoms with Gasteiger partial charge in [0.1, 0.15) is 0 Å². The Morgan fingerprint density at radius 1 is 1.67 bits per heavy atom. The fraction of sp³-hybridized carbons (Fsp3) is 0.900. The lowest BCUT2D eigenvalue weighted by atomic mass is 10.1. The number of hydrogen-bond donors (Lipinski definition) is 1. The Morgan fingerprint density at radius 3 is 2.87 bits per heavy atom. The maximum atomic E-state index is 11.5. The first-order valence-corrected chi connectivity index (χ1v) is 5.27. The summed E-state index contributed by atoms with van der Waals surface area (Å²) < 4.78 is 5.34. The number of amides is 1. The van der Waals surface area contributed by atoms with Crippen molar-refractivity contribution in [3.63, 3.8) is 0 Å². The molecule has 0 aliphatic carbocycles. The number of hydrogen-bond acceptors (Lipinski definition) is 3. The van der Waals surface area contributed by atoms with Crippen LogP contribution >= 0.6 is 12.4 Å². The lowest BCUT2D eigenvalue weighted by Crippen LogP contribution is -2.40. The average molecular weight is 237 g/mol. The monoisotopic (exact) mass is 236 g/mol. The third kappa shape index (κ3) is 4.36. The van der Waals surface area contributed by atoms with Gasteiger partial charge in [0, 0.05) is 25.6 Å². The van der Waals surface area contributed by atoms with Gasteiger partial charge in [-0.1, -0.05) is 0 Å². The van der Waals surface area contributed by atoms with Gasteiger partial charge in [0.15, 0.2) is 0 Å². The van der Waals surface area contributed by atoms with Crippen LogP contribution in [0.15, 0.2) is 0 Å². The number of halogens is 1. The molecule has 1 unspecified atom stereocenters. The molecule has 0 aromatic carbocycles. The van der Waals surface area contributed by atoms with Gasteiger partial charge in [-0.2, -0.15) is 0 Å². The number of ether oxygens (including phenoxy) is 1. The van der Waals surface area contributed by atoms with E-state index in [1.165, 1.54) is 0 Å². The lowest BCUT2D eigenvalue weighted by molar-refractivity contribution is -0.131. The molecule has 0 aromatic rings. The van der Waals surface area contributed by atoms with Gasteiger partial charge >= 0.3 is 0 Å². The van der Waals surface area contributed by atoms with Gasteiger partial charge in [0.2, 0.25) is 5.91 Å². The second-order valence-electron chi connectivity index (χ2n) is 3.89. The first-order chi connectivity index (χ1) is 6.65. The van der Waals surface area contributed by atoms with E-state index in [2.05, 4.69) is 0 Å². The zero-order chi connectivity index (χ0) is 10.6. The zero-order valence-electron chi connectivity index (χ0n) is 9.44. The van der Waals surface area contributed by atoms with Crippen molar-refractivity contribution < 1.29 is 9.53 Å². The van der Waals surface area contributed by atoms with Crippen molar-refractivity contribution in [2.75, 3.05) is 26.3 Å². The van der Waals surface area contributed by atoms with Crippen LogP contribution < -0.4 is 5.73 Å². The van der Waals surface area contributed by atoms with Gasteiger partial charge in [-0.15, -0.1) is 12.4 Å². The van der Waals surface area contributed by atoms with Crippen molar-refractivity contribution in [3.8, 4) is 0 Å². The number of nitrogens with zero attached hydrogens (tertiary/aromatic N) is 1. The second kappa shape index (κ2) is 7.04. The van der Waals surface area contributed by atoms with E-state index in [0.29, 0.717) is 5.92 Å². The predicted molar refractivity (Wildman–Crippen MR) is 62.1 cm³/mol. The molecule has 0 spiro atoms. The van der Waals surface area contributed by atoms with Crippen LogP contribution in [0.4, 0.5) is 0 Å². The smallest absolute Gasteiger partial charge is 0.239 e. The fourth-order valence-corrected chi connectivity index (χ4v) is 1.74. The number of carbonyl (C=O) groups excluding carboxylic acids is 1. The van der Waals surface area contributed by atoms with E-state index in [4.69, 9.17) is 10.5 Å². The Bertz CT molecular complexity index is 200. The standard InChI is InChI=1S/C10H20N2O2.ClH/c1-3-14-7-9-4-5-12(6-9)10(13)8(2)11;/h8-9H,3-7,11H2,1-2H3;1H/t8-,9?;/m1./s1. The van der Waals surface area contributed by atoms with E-state index in [1.54, 1.807) is 6.92 Å². The quantitative estimate of drug-likeness (QED) is 0.780. The maximum Gasteiger partial charge on any atom is 0.239 e. The van der Waals surface area contributed by atoms with Crippen LogP contribution in [0.1, 0.15) is 20.3 Å². The summed E-state index contributed by atoms with van der Waals surface area (Å²) in [6.07, 6.45) is 1.04. The highest BCUT2D eigenvalue weighted by atomic mass is 35.5. The molecule has 0 saturated carbocycles. The van der Waals surface area contributed by atoms with Crippen LogP contribution in [0.25, 0.3) is 0 Å². The van der Waals surface area contributed by atoms with Gasteiger partial charge in [0.25, 0.3) is 0 Å². The number of carbonyl (C=O) groups is 1. The normalized spacial score (nSPS) is 22.3. The van der Waals surface area contributed by atoms with Gasteiger partial charge in [-0.25, -0.2) is 0 Å². The molecular weight excluding hydrogens is 216 g/mol. The minimum absolute atomic E-state index is 0. The van der Waals surface area contributed by atoms with Crippen molar-refractivity contribution in [1.82, 2.24) is 4.90 Å². The Balaban J connectivity index is 0.00000196. The first kappa shape index (κ1) is 14.7. The third-order valence-electron chi connectivity index (χ3n) is 2.54. The van der Waals surface area contributed by atoms with E-state index in [0.717, 1.165) is 32.7 Å². The molecule has 0 radical (unpaired) electrons. The molecule has 2 N–H and O–H groups in total. The third-order valence-corrected chi connectivity index (χ3v) is 2.54. The molecule has 0 bridgehead atoms. The summed E-state index contributed by atoms with van der Waals surface area (Å²) in [4.78, 5) is 13.4. The number of rotatable bonds is 4. The fourth-order valence-electron chi connectivity index (χ4n) is 1.74. The summed E-state index contributed by atoms with van der Waals surface area (Å²) in [6.45, 7) is 6.87. The molecule has 1 aliphatic heterocycles. The summed E-state index contributed by atoms with van der Waals surface area (Å²) in [6, 6.07) is -0.374. The highest BCUT2D eigenvalue weighted by molar-refractivity contribution is 5.85. The van der Waals surface area contributed by atoms with Crippen LogP contribution in [-0.2, 0) is 9.53 Å². The Labute approximate surface area is 97.5 Å². The summed E-state index contributed by atoms with van der Waals surface area (Å²) >= 11 is 0. The lowest BCUT2D eigenvalue weighted by Gasteiger charge is -2.18. The predicted octanol–water partition coefficient (Wildman–Crippen LogP) is 0.640. The van der Waals surface area contributed by atoms with Gasteiger partial charge in [-0.05, 0) is 20.3 Å². The number of nitrogens with two attached hydrogens (primary N) is 1. The van der Waals surface area contributed by atoms with Crippen molar-refractivity contribution in [2.45, 2.75) is 26.3 Å². The SMILES string of the molecule is CCOCC1CCN(C(=O)[C@@H](C)N)C1.Cl. The van der Waals surface area contributed by atoms with Crippen LogP contribution in [0.3, 0.4) is 0 Å². The van der Waals surface area contributed by atoms with Gasteiger partial charge < -0.3 is 15.4 Å². The Hall–Kier alpha value is -0.320. The molecule has 2 atom stereocenters. The minimum Gasteiger partial charge on any atom is -0.381 e. The molecule has 0 aromatic heterocycles. The second-order valence-corrected chi connectivity index (χ2v) is 3.89. The zero-order valence-corrected chi connectivity index (χ0v) is 10.3. The van der Waals surface area contributed by atoms with Crippen LogP contribution in [0.5, 0.6) is 0 Å². The van der Waals surface area contributed by atoms with Crippen molar-refractivity contribution in [2.24, 2.45) is 11.7 Å². The average Bonchev–Trinajstić information content (AvgIpc) is 2.61. The largest absolute Gasteiger partial charge is 0.381 e. The van der Waals surface area contributed by atoms with Gasteiger partial charge in [-0.3, -0.25) is 4.79 Å². The van der Waals surface area contributed by atoms with Crippen molar-refractivity contribution in [3.05, 3.63) is 0 Å². The van der Waals surface area contributed by atoms with Crippen LogP contribution in [0.2, 0.25) is 0 Å². The van der Waals surface area contributed by atoms with E-state index in [1.807, 2.05) is 11.8 Å². The molecule has 1 rings (SSSR count). The topological polar surface area (TPSA) is 55.6 Å². The maximum absolute atomic E-state index is 11.5. The Kier molecular flexibility index (Phi) is 6.89. The molecule has 1 amide bonds. The van der Waals surface area contributed by atoms with Crippen molar-refractivity contribution in [1.29, 1.82) is 0 Å². The van der Waals surface area contributed by atoms with E-state index < -0.39 is 0 Å². The van der Waals surface area contributed by atoms with E-state index in [-0.39, 0.29) is 24.4 Å².